The second-order valence-corrected chi connectivity index (χ2v) is 6.27. The largest absolute Gasteiger partial charge is 0.481 e. The molecule has 0 aromatic heterocycles. The van der Waals surface area contributed by atoms with Crippen molar-refractivity contribution in [3.63, 3.8) is 0 Å². The first-order chi connectivity index (χ1) is 7.72. The van der Waals surface area contributed by atoms with Gasteiger partial charge in [0.05, 0.1) is 12.0 Å². The zero-order valence-corrected chi connectivity index (χ0v) is 11.1. The Labute approximate surface area is 103 Å². The van der Waals surface area contributed by atoms with E-state index in [4.69, 9.17) is 5.11 Å². The van der Waals surface area contributed by atoms with E-state index in [9.17, 15) is 9.90 Å². The lowest BCUT2D eigenvalue weighted by Gasteiger charge is -2.40. The Morgan fingerprint density at radius 1 is 1.29 bits per heavy atom. The van der Waals surface area contributed by atoms with Crippen molar-refractivity contribution < 1.29 is 15.0 Å². The minimum absolute atomic E-state index is 0.0912. The van der Waals surface area contributed by atoms with Gasteiger partial charge in [0.15, 0.2) is 0 Å². The summed E-state index contributed by atoms with van der Waals surface area (Å²) in [5.74, 6) is -0.804. The molecular formula is C13H25NO3. The van der Waals surface area contributed by atoms with E-state index in [0.717, 1.165) is 25.7 Å². The van der Waals surface area contributed by atoms with Gasteiger partial charge in [0.25, 0.3) is 0 Å². The van der Waals surface area contributed by atoms with Crippen molar-refractivity contribution in [1.82, 2.24) is 5.32 Å². The van der Waals surface area contributed by atoms with Crippen LogP contribution in [0.1, 0.15) is 52.9 Å². The molecule has 0 saturated heterocycles. The summed E-state index contributed by atoms with van der Waals surface area (Å²) in [7, 11) is 0. The zero-order valence-electron chi connectivity index (χ0n) is 11.1. The number of nitrogens with one attached hydrogen (secondary N) is 1. The molecule has 0 heterocycles. The molecule has 1 atom stereocenters. The number of carboxylic acid groups (broad SMARTS) is 1. The van der Waals surface area contributed by atoms with E-state index in [1.165, 1.54) is 0 Å². The van der Waals surface area contributed by atoms with Crippen LogP contribution in [0.5, 0.6) is 0 Å². The van der Waals surface area contributed by atoms with E-state index in [1.54, 1.807) is 0 Å². The second-order valence-electron chi connectivity index (χ2n) is 6.27. The van der Waals surface area contributed by atoms with Gasteiger partial charge in [-0.25, -0.2) is 0 Å². The standard InChI is InChI=1S/C13H25NO3/c1-10(8-11(15)16)14-9-13(17)6-4-12(2,3)5-7-13/h10,14,17H,4-9H2,1-3H3,(H,15,16). The van der Waals surface area contributed by atoms with Crippen LogP contribution < -0.4 is 5.32 Å². The first-order valence-electron chi connectivity index (χ1n) is 6.40. The molecule has 1 rings (SSSR count). The minimum Gasteiger partial charge on any atom is -0.481 e. The van der Waals surface area contributed by atoms with E-state index in [1.807, 2.05) is 6.92 Å². The molecule has 1 aliphatic carbocycles. The smallest absolute Gasteiger partial charge is 0.304 e. The molecule has 0 aliphatic heterocycles. The fourth-order valence-corrected chi connectivity index (χ4v) is 2.27. The lowest BCUT2D eigenvalue weighted by molar-refractivity contribution is -0.137. The maximum Gasteiger partial charge on any atom is 0.304 e. The van der Waals surface area contributed by atoms with Crippen LogP contribution in [0.15, 0.2) is 0 Å². The highest BCUT2D eigenvalue weighted by atomic mass is 16.4. The van der Waals surface area contributed by atoms with Gasteiger partial charge in [-0.1, -0.05) is 13.8 Å². The number of carbonyl (C=O) groups is 1. The number of aliphatic hydroxyl groups is 1. The first kappa shape index (κ1) is 14.5. The lowest BCUT2D eigenvalue weighted by atomic mass is 9.71. The van der Waals surface area contributed by atoms with Crippen LogP contribution in [0.25, 0.3) is 0 Å². The predicted molar refractivity (Wildman–Crippen MR) is 66.9 cm³/mol. The Balaban J connectivity index is 2.34. The third-order valence-electron chi connectivity index (χ3n) is 3.79. The predicted octanol–water partition coefficient (Wildman–Crippen LogP) is 1.77. The molecule has 1 fully saturated rings. The van der Waals surface area contributed by atoms with Crippen molar-refractivity contribution in [2.75, 3.05) is 6.54 Å². The molecule has 0 aromatic rings. The van der Waals surface area contributed by atoms with Crippen LogP contribution in [-0.2, 0) is 4.79 Å². The maximum absolute atomic E-state index is 10.5. The van der Waals surface area contributed by atoms with Crippen LogP contribution in [0.2, 0.25) is 0 Å². The molecule has 0 spiro atoms. The molecule has 17 heavy (non-hydrogen) atoms. The number of rotatable bonds is 5. The number of hydrogen-bond donors (Lipinski definition) is 3. The summed E-state index contributed by atoms with van der Waals surface area (Å²) < 4.78 is 0. The van der Waals surface area contributed by atoms with Crippen molar-refractivity contribution in [3.05, 3.63) is 0 Å². The van der Waals surface area contributed by atoms with Crippen molar-refractivity contribution >= 4 is 5.97 Å². The van der Waals surface area contributed by atoms with Gasteiger partial charge in [-0.05, 0) is 38.0 Å². The summed E-state index contributed by atoms with van der Waals surface area (Å²) in [6.07, 6.45) is 3.75. The normalized spacial score (nSPS) is 24.2. The summed E-state index contributed by atoms with van der Waals surface area (Å²) in [6, 6.07) is -0.0912. The highest BCUT2D eigenvalue weighted by Crippen LogP contribution is 2.39. The van der Waals surface area contributed by atoms with E-state index in [2.05, 4.69) is 19.2 Å². The molecule has 0 amide bonds. The molecule has 0 aromatic carbocycles. The second kappa shape index (κ2) is 5.36. The maximum atomic E-state index is 10.5. The third kappa shape index (κ3) is 5.04. The van der Waals surface area contributed by atoms with Gasteiger partial charge in [0.2, 0.25) is 0 Å². The number of carboxylic acids is 1. The number of hydrogen-bond acceptors (Lipinski definition) is 3. The van der Waals surface area contributed by atoms with Gasteiger partial charge in [-0.3, -0.25) is 4.79 Å². The summed E-state index contributed by atoms with van der Waals surface area (Å²) in [4.78, 5) is 10.5. The SMILES string of the molecule is CC(CC(=O)O)NCC1(O)CCC(C)(C)CC1. The molecule has 1 unspecified atom stereocenters. The fourth-order valence-electron chi connectivity index (χ4n) is 2.27. The molecule has 0 bridgehead atoms. The Kier molecular flexibility index (Phi) is 4.55. The fraction of sp³-hybridized carbons (Fsp3) is 0.923. The van der Waals surface area contributed by atoms with E-state index in [-0.39, 0.29) is 12.5 Å². The molecule has 4 nitrogen and oxygen atoms in total. The highest BCUT2D eigenvalue weighted by Gasteiger charge is 2.36. The summed E-state index contributed by atoms with van der Waals surface area (Å²) >= 11 is 0. The van der Waals surface area contributed by atoms with Crippen molar-refractivity contribution in [2.24, 2.45) is 5.41 Å². The van der Waals surface area contributed by atoms with Crippen molar-refractivity contribution in [3.8, 4) is 0 Å². The van der Waals surface area contributed by atoms with Gasteiger partial charge in [0, 0.05) is 12.6 Å². The van der Waals surface area contributed by atoms with Crippen molar-refractivity contribution in [2.45, 2.75) is 64.5 Å². The van der Waals surface area contributed by atoms with Crippen LogP contribution in [0.4, 0.5) is 0 Å². The zero-order chi connectivity index (χ0) is 13.1. The van der Waals surface area contributed by atoms with E-state index >= 15 is 0 Å². The average molecular weight is 243 g/mol. The summed E-state index contributed by atoms with van der Waals surface area (Å²) in [5.41, 5.74) is -0.318. The third-order valence-corrected chi connectivity index (χ3v) is 3.79. The lowest BCUT2D eigenvalue weighted by Crippen LogP contribution is -2.47. The van der Waals surface area contributed by atoms with Crippen LogP contribution in [0, 0.1) is 5.41 Å². The molecular weight excluding hydrogens is 218 g/mol. The number of aliphatic carboxylic acids is 1. The van der Waals surface area contributed by atoms with Gasteiger partial charge >= 0.3 is 5.97 Å². The van der Waals surface area contributed by atoms with Crippen molar-refractivity contribution in [1.29, 1.82) is 0 Å². The quantitative estimate of drug-likeness (QED) is 0.688. The Morgan fingerprint density at radius 3 is 2.29 bits per heavy atom. The molecule has 100 valence electrons. The van der Waals surface area contributed by atoms with Gasteiger partial charge < -0.3 is 15.5 Å². The summed E-state index contributed by atoms with van der Waals surface area (Å²) in [6.45, 7) is 6.79. The minimum atomic E-state index is -0.804. The highest BCUT2D eigenvalue weighted by molar-refractivity contribution is 5.67. The molecule has 0 radical (unpaired) electrons. The Hall–Kier alpha value is -0.610. The molecule has 1 aliphatic rings. The summed E-state index contributed by atoms with van der Waals surface area (Å²) in [5, 5.41) is 22.1. The van der Waals surface area contributed by atoms with E-state index in [0.29, 0.717) is 12.0 Å². The Morgan fingerprint density at radius 2 is 1.82 bits per heavy atom. The van der Waals surface area contributed by atoms with Crippen LogP contribution >= 0.6 is 0 Å². The molecule has 4 heteroatoms. The monoisotopic (exact) mass is 243 g/mol. The Bertz CT molecular complexity index is 266. The topological polar surface area (TPSA) is 69.6 Å². The first-order valence-corrected chi connectivity index (χ1v) is 6.40. The van der Waals surface area contributed by atoms with Gasteiger partial charge in [-0.2, -0.15) is 0 Å². The van der Waals surface area contributed by atoms with Gasteiger partial charge in [-0.15, -0.1) is 0 Å². The van der Waals surface area contributed by atoms with Gasteiger partial charge in [0.1, 0.15) is 0 Å². The van der Waals surface area contributed by atoms with Crippen LogP contribution in [-0.4, -0.2) is 34.4 Å². The van der Waals surface area contributed by atoms with E-state index < -0.39 is 11.6 Å². The molecule has 1 saturated carbocycles. The average Bonchev–Trinajstić information content (AvgIpc) is 2.20. The molecule has 3 N–H and O–H groups in total. The van der Waals surface area contributed by atoms with Crippen LogP contribution in [0.3, 0.4) is 0 Å².